The van der Waals surface area contributed by atoms with E-state index >= 15 is 0 Å². The number of hydrogen-bond acceptors (Lipinski definition) is 0. The molecule has 0 saturated heterocycles. The van der Waals surface area contributed by atoms with E-state index in [1.165, 1.54) is 107 Å². The third-order valence-corrected chi connectivity index (χ3v) is 5.16. The van der Waals surface area contributed by atoms with Crippen molar-refractivity contribution in [3.8, 4) is 11.8 Å². The molecule has 0 aliphatic rings. The predicted molar refractivity (Wildman–Crippen MR) is 129 cm³/mol. The fraction of sp³-hybridized carbons (Fsp3) is 0.714. The summed E-state index contributed by atoms with van der Waals surface area (Å²) in [6.07, 6.45) is 21.5. The fourth-order valence-electron chi connectivity index (χ4n) is 3.38. The number of rotatable bonds is 15. The first-order valence-corrected chi connectivity index (χ1v) is 12.4. The average Bonchev–Trinajstić information content (AvgIpc) is 2.74. The van der Waals surface area contributed by atoms with Gasteiger partial charge in [0.25, 0.3) is 0 Å². The lowest BCUT2D eigenvalue weighted by Crippen LogP contribution is -1.87. The van der Waals surface area contributed by atoms with Crippen LogP contribution in [0.25, 0.3) is 0 Å². The van der Waals surface area contributed by atoms with Gasteiger partial charge in [0.05, 0.1) is 0 Å². The molecular weight excluding hydrogens is 336 g/mol. The van der Waals surface area contributed by atoms with Gasteiger partial charge in [0, 0.05) is 12.0 Å². The zero-order valence-electron chi connectivity index (χ0n) is 19.6. The molecule has 0 heterocycles. The SMILES string of the molecule is CC.CCCCCCCCCCC#Cc1ccc(CCCCCCCC)cc1. The summed E-state index contributed by atoms with van der Waals surface area (Å²) in [7, 11) is 0. The van der Waals surface area contributed by atoms with Gasteiger partial charge < -0.3 is 0 Å². The highest BCUT2D eigenvalue weighted by Gasteiger charge is 1.95. The summed E-state index contributed by atoms with van der Waals surface area (Å²) in [6.45, 7) is 8.56. The van der Waals surface area contributed by atoms with Crippen LogP contribution >= 0.6 is 0 Å². The summed E-state index contributed by atoms with van der Waals surface area (Å²) >= 11 is 0. The normalized spacial score (nSPS) is 10.0. The summed E-state index contributed by atoms with van der Waals surface area (Å²) in [5.41, 5.74) is 2.64. The summed E-state index contributed by atoms with van der Waals surface area (Å²) in [6, 6.07) is 8.94. The van der Waals surface area contributed by atoms with Crippen LogP contribution < -0.4 is 0 Å². The third kappa shape index (κ3) is 16.9. The molecule has 0 bridgehead atoms. The van der Waals surface area contributed by atoms with E-state index in [-0.39, 0.29) is 0 Å². The zero-order chi connectivity index (χ0) is 20.7. The fourth-order valence-corrected chi connectivity index (χ4v) is 3.38. The minimum atomic E-state index is 1.05. The smallest absolute Gasteiger partial charge is 0.0245 e. The van der Waals surface area contributed by atoms with Gasteiger partial charge in [-0.05, 0) is 37.0 Å². The van der Waals surface area contributed by atoms with Crippen molar-refractivity contribution in [3.05, 3.63) is 35.4 Å². The van der Waals surface area contributed by atoms with Gasteiger partial charge in [0.2, 0.25) is 0 Å². The zero-order valence-corrected chi connectivity index (χ0v) is 19.6. The van der Waals surface area contributed by atoms with Crippen molar-refractivity contribution in [3.63, 3.8) is 0 Å². The van der Waals surface area contributed by atoms with E-state index in [1.54, 1.807) is 0 Å². The van der Waals surface area contributed by atoms with Gasteiger partial charge in [-0.2, -0.15) is 0 Å². The van der Waals surface area contributed by atoms with E-state index in [4.69, 9.17) is 0 Å². The van der Waals surface area contributed by atoms with Crippen molar-refractivity contribution in [2.24, 2.45) is 0 Å². The second-order valence-electron chi connectivity index (χ2n) is 7.74. The number of aryl methyl sites for hydroxylation is 1. The number of benzene rings is 1. The van der Waals surface area contributed by atoms with E-state index in [9.17, 15) is 0 Å². The molecule has 0 aliphatic carbocycles. The number of unbranched alkanes of at least 4 members (excludes halogenated alkanes) is 13. The quantitative estimate of drug-likeness (QED) is 0.208. The van der Waals surface area contributed by atoms with Crippen LogP contribution in [0.5, 0.6) is 0 Å². The Morgan fingerprint density at radius 1 is 0.571 bits per heavy atom. The molecule has 0 spiro atoms. The Hall–Kier alpha value is -1.22. The van der Waals surface area contributed by atoms with Crippen LogP contribution in [-0.4, -0.2) is 0 Å². The maximum absolute atomic E-state index is 3.35. The van der Waals surface area contributed by atoms with E-state index in [0.717, 1.165) is 6.42 Å². The number of hydrogen-bond donors (Lipinski definition) is 0. The van der Waals surface area contributed by atoms with Gasteiger partial charge >= 0.3 is 0 Å². The highest BCUT2D eigenvalue weighted by molar-refractivity contribution is 5.36. The average molecular weight is 385 g/mol. The van der Waals surface area contributed by atoms with Crippen LogP contribution in [0.1, 0.15) is 135 Å². The Kier molecular flexibility index (Phi) is 21.1. The predicted octanol–water partition coefficient (Wildman–Crippen LogP) is 9.50. The van der Waals surface area contributed by atoms with E-state index in [0.29, 0.717) is 0 Å². The van der Waals surface area contributed by atoms with Gasteiger partial charge in [-0.1, -0.05) is 129 Å². The Bertz CT molecular complexity index is 471. The van der Waals surface area contributed by atoms with E-state index in [1.807, 2.05) is 13.8 Å². The summed E-state index contributed by atoms with van der Waals surface area (Å²) in [4.78, 5) is 0. The topological polar surface area (TPSA) is 0 Å². The summed E-state index contributed by atoms with van der Waals surface area (Å²) in [5.74, 6) is 6.69. The molecule has 0 saturated carbocycles. The highest BCUT2D eigenvalue weighted by Crippen LogP contribution is 2.11. The van der Waals surface area contributed by atoms with Crippen molar-refractivity contribution in [1.29, 1.82) is 0 Å². The second-order valence-corrected chi connectivity index (χ2v) is 7.74. The molecular formula is C28H48. The molecule has 0 amide bonds. The van der Waals surface area contributed by atoms with Crippen molar-refractivity contribution >= 4 is 0 Å². The van der Waals surface area contributed by atoms with Crippen molar-refractivity contribution in [2.45, 2.75) is 130 Å². The molecule has 0 radical (unpaired) electrons. The molecule has 0 nitrogen and oxygen atoms in total. The van der Waals surface area contributed by atoms with Gasteiger partial charge in [-0.15, -0.1) is 0 Å². The Morgan fingerprint density at radius 3 is 1.57 bits per heavy atom. The lowest BCUT2D eigenvalue weighted by molar-refractivity contribution is 0.579. The van der Waals surface area contributed by atoms with Crippen LogP contribution in [0, 0.1) is 11.8 Å². The van der Waals surface area contributed by atoms with E-state index < -0.39 is 0 Å². The van der Waals surface area contributed by atoms with Crippen LogP contribution in [0.4, 0.5) is 0 Å². The molecule has 160 valence electrons. The molecule has 0 unspecified atom stereocenters. The van der Waals surface area contributed by atoms with Crippen molar-refractivity contribution < 1.29 is 0 Å². The highest BCUT2D eigenvalue weighted by atomic mass is 14.0. The van der Waals surface area contributed by atoms with Crippen LogP contribution in [-0.2, 0) is 6.42 Å². The van der Waals surface area contributed by atoms with Crippen LogP contribution in [0.3, 0.4) is 0 Å². The first kappa shape index (κ1) is 26.8. The first-order valence-electron chi connectivity index (χ1n) is 12.4. The Morgan fingerprint density at radius 2 is 1.04 bits per heavy atom. The maximum atomic E-state index is 3.35. The van der Waals surface area contributed by atoms with Gasteiger partial charge in [0.15, 0.2) is 0 Å². The van der Waals surface area contributed by atoms with E-state index in [2.05, 4.69) is 50.0 Å². The maximum Gasteiger partial charge on any atom is 0.0245 e. The lowest BCUT2D eigenvalue weighted by Gasteiger charge is -2.02. The molecule has 0 aliphatic heterocycles. The molecule has 0 fully saturated rings. The molecule has 1 aromatic rings. The molecule has 0 heteroatoms. The standard InChI is InChI=1S/C26H42.C2H6/c1-3-5-7-9-11-12-13-14-16-18-20-26-23-21-25(22-24-26)19-17-15-10-8-6-4-2;1-2/h21-24H,3-17,19H2,1-2H3;1-2H3. The monoisotopic (exact) mass is 384 g/mol. The minimum Gasteiger partial charge on any atom is -0.0979 e. The molecule has 1 rings (SSSR count). The molecule has 0 atom stereocenters. The van der Waals surface area contributed by atoms with Gasteiger partial charge in [-0.3, -0.25) is 0 Å². The largest absolute Gasteiger partial charge is 0.0979 e. The Balaban J connectivity index is 0.00000352. The van der Waals surface area contributed by atoms with Crippen LogP contribution in [0.2, 0.25) is 0 Å². The van der Waals surface area contributed by atoms with Crippen LogP contribution in [0.15, 0.2) is 24.3 Å². The minimum absolute atomic E-state index is 1.05. The van der Waals surface area contributed by atoms with Gasteiger partial charge in [0.1, 0.15) is 0 Å². The summed E-state index contributed by atoms with van der Waals surface area (Å²) in [5, 5.41) is 0. The van der Waals surface area contributed by atoms with Crippen molar-refractivity contribution in [2.75, 3.05) is 0 Å². The van der Waals surface area contributed by atoms with Gasteiger partial charge in [-0.25, -0.2) is 0 Å². The lowest BCUT2D eigenvalue weighted by atomic mass is 10.0. The summed E-state index contributed by atoms with van der Waals surface area (Å²) < 4.78 is 0. The molecule has 0 N–H and O–H groups in total. The van der Waals surface area contributed by atoms with Crippen molar-refractivity contribution in [1.82, 2.24) is 0 Å². The molecule has 1 aromatic carbocycles. The third-order valence-electron chi connectivity index (χ3n) is 5.16. The molecule has 0 aromatic heterocycles. The Labute approximate surface area is 177 Å². The second kappa shape index (κ2) is 22.1. The first-order chi connectivity index (χ1) is 13.9. The molecule has 28 heavy (non-hydrogen) atoms.